The van der Waals surface area contributed by atoms with E-state index in [0.29, 0.717) is 22.5 Å². The first-order chi connectivity index (χ1) is 11.6. The number of anilines is 2. The molecule has 6 heteroatoms. The highest BCUT2D eigenvalue weighted by Gasteiger charge is 2.05. The van der Waals surface area contributed by atoms with E-state index in [1.165, 1.54) is 11.1 Å². The van der Waals surface area contributed by atoms with Gasteiger partial charge in [-0.2, -0.15) is 5.10 Å². The molecule has 4 nitrogen and oxygen atoms in total. The van der Waals surface area contributed by atoms with E-state index >= 15 is 0 Å². The van der Waals surface area contributed by atoms with E-state index in [4.69, 9.17) is 23.8 Å². The van der Waals surface area contributed by atoms with Gasteiger partial charge in [0.2, 0.25) is 0 Å². The first kappa shape index (κ1) is 16.5. The fourth-order valence-electron chi connectivity index (χ4n) is 2.23. The summed E-state index contributed by atoms with van der Waals surface area (Å²) in [6.07, 6.45) is 1.92. The number of nitrogens with one attached hydrogen (secondary N) is 2. The second kappa shape index (κ2) is 7.47. The number of thiocarbonyl (C=S) groups is 1. The van der Waals surface area contributed by atoms with Gasteiger partial charge in [-0.25, -0.2) is 0 Å². The van der Waals surface area contributed by atoms with Crippen LogP contribution in [0.1, 0.15) is 11.1 Å². The number of rotatable bonds is 4. The van der Waals surface area contributed by atoms with Crippen molar-refractivity contribution in [1.82, 2.24) is 9.78 Å². The zero-order valence-electron chi connectivity index (χ0n) is 13.2. The van der Waals surface area contributed by atoms with Gasteiger partial charge in [0.05, 0.1) is 17.3 Å². The molecule has 2 aromatic carbocycles. The Bertz CT molecular complexity index is 842. The van der Waals surface area contributed by atoms with E-state index in [2.05, 4.69) is 46.9 Å². The van der Waals surface area contributed by atoms with Crippen molar-refractivity contribution in [3.63, 3.8) is 0 Å². The van der Waals surface area contributed by atoms with Crippen LogP contribution in [0.5, 0.6) is 0 Å². The molecule has 1 aromatic heterocycles. The van der Waals surface area contributed by atoms with Crippen molar-refractivity contribution >= 4 is 40.4 Å². The molecule has 0 saturated heterocycles. The molecule has 0 aliphatic rings. The zero-order valence-corrected chi connectivity index (χ0v) is 14.7. The number of nitrogens with zero attached hydrogens (tertiary/aromatic N) is 2. The van der Waals surface area contributed by atoms with Gasteiger partial charge in [0.15, 0.2) is 10.9 Å². The molecule has 3 rings (SSSR count). The molecule has 0 aliphatic carbocycles. The van der Waals surface area contributed by atoms with Gasteiger partial charge in [-0.3, -0.25) is 4.68 Å². The Morgan fingerprint density at radius 3 is 2.58 bits per heavy atom. The summed E-state index contributed by atoms with van der Waals surface area (Å²) in [6.45, 7) is 2.79. The van der Waals surface area contributed by atoms with E-state index in [-0.39, 0.29) is 0 Å². The summed E-state index contributed by atoms with van der Waals surface area (Å²) in [5, 5.41) is 11.7. The molecular formula is C18H17ClN4S. The van der Waals surface area contributed by atoms with Crippen molar-refractivity contribution in [2.45, 2.75) is 13.5 Å². The molecule has 0 radical (unpaired) electrons. The Morgan fingerprint density at radius 1 is 1.08 bits per heavy atom. The summed E-state index contributed by atoms with van der Waals surface area (Å²) < 4.78 is 1.87. The number of aryl methyl sites for hydroxylation is 1. The molecule has 122 valence electrons. The highest BCUT2D eigenvalue weighted by atomic mass is 35.5. The number of halogens is 1. The SMILES string of the molecule is Cc1ccc(Cn2ccc(NC(=S)Nc3ccccc3Cl)n2)cc1. The highest BCUT2D eigenvalue weighted by Crippen LogP contribution is 2.20. The van der Waals surface area contributed by atoms with Gasteiger partial charge in [0.25, 0.3) is 0 Å². The zero-order chi connectivity index (χ0) is 16.9. The van der Waals surface area contributed by atoms with Gasteiger partial charge in [-0.1, -0.05) is 53.6 Å². The molecule has 1 heterocycles. The minimum absolute atomic E-state index is 0.448. The number of aromatic nitrogens is 2. The smallest absolute Gasteiger partial charge is 0.176 e. The summed E-state index contributed by atoms with van der Waals surface area (Å²) in [7, 11) is 0. The van der Waals surface area contributed by atoms with E-state index in [9.17, 15) is 0 Å². The lowest BCUT2D eigenvalue weighted by Crippen LogP contribution is -2.19. The van der Waals surface area contributed by atoms with Gasteiger partial charge in [0.1, 0.15) is 0 Å². The van der Waals surface area contributed by atoms with Crippen LogP contribution in [0.25, 0.3) is 0 Å². The third-order valence-electron chi connectivity index (χ3n) is 3.47. The largest absolute Gasteiger partial charge is 0.331 e. The topological polar surface area (TPSA) is 41.9 Å². The number of hydrogen-bond donors (Lipinski definition) is 2. The average Bonchev–Trinajstić information content (AvgIpc) is 2.99. The van der Waals surface area contributed by atoms with Crippen molar-refractivity contribution in [2.75, 3.05) is 10.6 Å². The molecule has 0 saturated carbocycles. The third-order valence-corrected chi connectivity index (χ3v) is 4.00. The Labute approximate surface area is 151 Å². The molecule has 2 N–H and O–H groups in total. The first-order valence-corrected chi connectivity index (χ1v) is 8.30. The summed E-state index contributed by atoms with van der Waals surface area (Å²) in [6, 6.07) is 17.7. The van der Waals surface area contributed by atoms with Gasteiger partial charge >= 0.3 is 0 Å². The highest BCUT2D eigenvalue weighted by molar-refractivity contribution is 7.80. The Morgan fingerprint density at radius 2 is 1.83 bits per heavy atom. The lowest BCUT2D eigenvalue weighted by molar-refractivity contribution is 0.690. The molecule has 0 fully saturated rings. The van der Waals surface area contributed by atoms with Crippen molar-refractivity contribution in [2.24, 2.45) is 0 Å². The number of para-hydroxylation sites is 1. The molecule has 0 amide bonds. The Balaban J connectivity index is 1.60. The van der Waals surface area contributed by atoms with Crippen LogP contribution in [0.15, 0.2) is 60.8 Å². The van der Waals surface area contributed by atoms with Gasteiger partial charge < -0.3 is 10.6 Å². The fourth-order valence-corrected chi connectivity index (χ4v) is 2.63. The van der Waals surface area contributed by atoms with Crippen molar-refractivity contribution in [3.05, 3.63) is 76.9 Å². The van der Waals surface area contributed by atoms with Crippen LogP contribution in [-0.2, 0) is 6.54 Å². The van der Waals surface area contributed by atoms with Crippen molar-refractivity contribution in [1.29, 1.82) is 0 Å². The second-order valence-corrected chi connectivity index (χ2v) is 6.26. The average molecular weight is 357 g/mol. The van der Waals surface area contributed by atoms with Crippen molar-refractivity contribution in [3.8, 4) is 0 Å². The van der Waals surface area contributed by atoms with E-state index in [1.54, 1.807) is 0 Å². The van der Waals surface area contributed by atoms with E-state index < -0.39 is 0 Å². The normalized spacial score (nSPS) is 10.4. The van der Waals surface area contributed by atoms with Gasteiger partial charge in [-0.15, -0.1) is 0 Å². The molecule has 0 spiro atoms. The minimum Gasteiger partial charge on any atom is -0.331 e. The van der Waals surface area contributed by atoms with Crippen LogP contribution in [-0.4, -0.2) is 14.9 Å². The fraction of sp³-hybridized carbons (Fsp3) is 0.111. The van der Waals surface area contributed by atoms with Gasteiger partial charge in [0, 0.05) is 12.3 Å². The van der Waals surface area contributed by atoms with Crippen LogP contribution in [0.3, 0.4) is 0 Å². The monoisotopic (exact) mass is 356 g/mol. The predicted octanol–water partition coefficient (Wildman–Crippen LogP) is 4.70. The summed E-state index contributed by atoms with van der Waals surface area (Å²) >= 11 is 11.4. The van der Waals surface area contributed by atoms with E-state index in [0.717, 1.165) is 5.69 Å². The molecular weight excluding hydrogens is 340 g/mol. The maximum atomic E-state index is 6.11. The quantitative estimate of drug-likeness (QED) is 0.665. The van der Waals surface area contributed by atoms with Gasteiger partial charge in [-0.05, 0) is 36.8 Å². The molecule has 0 bridgehead atoms. The van der Waals surface area contributed by atoms with Crippen LogP contribution < -0.4 is 10.6 Å². The number of hydrogen-bond acceptors (Lipinski definition) is 2. The molecule has 24 heavy (non-hydrogen) atoms. The lowest BCUT2D eigenvalue weighted by atomic mass is 10.1. The van der Waals surface area contributed by atoms with Crippen LogP contribution >= 0.6 is 23.8 Å². The molecule has 0 unspecified atom stereocenters. The van der Waals surface area contributed by atoms with Crippen LogP contribution in [0.2, 0.25) is 5.02 Å². The lowest BCUT2D eigenvalue weighted by Gasteiger charge is -2.09. The Hall–Kier alpha value is -2.37. The third kappa shape index (κ3) is 4.34. The summed E-state index contributed by atoms with van der Waals surface area (Å²) in [5.74, 6) is 0.687. The molecule has 0 atom stereocenters. The standard InChI is InChI=1S/C18H17ClN4S/c1-13-6-8-14(9-7-13)12-23-11-10-17(22-23)21-18(24)20-16-5-3-2-4-15(16)19/h2-11H,12H2,1H3,(H2,20,21,22,24). The maximum absolute atomic E-state index is 6.11. The molecule has 0 aliphatic heterocycles. The first-order valence-electron chi connectivity index (χ1n) is 7.52. The Kier molecular flexibility index (Phi) is 5.13. The summed E-state index contributed by atoms with van der Waals surface area (Å²) in [5.41, 5.74) is 3.21. The minimum atomic E-state index is 0.448. The van der Waals surface area contributed by atoms with E-state index in [1.807, 2.05) is 41.2 Å². The number of benzene rings is 2. The molecule has 3 aromatic rings. The maximum Gasteiger partial charge on any atom is 0.176 e. The second-order valence-electron chi connectivity index (χ2n) is 5.44. The predicted molar refractivity (Wildman–Crippen MR) is 104 cm³/mol. The van der Waals surface area contributed by atoms with Crippen LogP contribution in [0, 0.1) is 6.92 Å². The van der Waals surface area contributed by atoms with Crippen molar-refractivity contribution < 1.29 is 0 Å². The summed E-state index contributed by atoms with van der Waals surface area (Å²) in [4.78, 5) is 0. The van der Waals surface area contributed by atoms with Crippen LogP contribution in [0.4, 0.5) is 11.5 Å².